The Hall–Kier alpha value is -3.80. The van der Waals surface area contributed by atoms with Gasteiger partial charge in [-0.05, 0) is 48.9 Å². The summed E-state index contributed by atoms with van der Waals surface area (Å²) in [6.45, 7) is 2.08. The fourth-order valence-corrected chi connectivity index (χ4v) is 3.61. The molecule has 4 rings (SSSR count). The number of hydrogen-bond acceptors (Lipinski definition) is 5. The van der Waals surface area contributed by atoms with Gasteiger partial charge in [0.2, 0.25) is 0 Å². The first-order valence-electron chi connectivity index (χ1n) is 9.51. The zero-order valence-corrected chi connectivity index (χ0v) is 16.7. The highest BCUT2D eigenvalue weighted by atomic mass is 16.5. The normalized spacial score (nSPS) is 18.1. The van der Waals surface area contributed by atoms with Gasteiger partial charge in [0, 0.05) is 5.56 Å². The standard InChI is InChI=1S/C24H21NO5/c1-15-5-7-16(8-6-15)21-20(22(26)17-9-11-18(29-2)12-10-17)23(27)24(28)25(21)14-19-4-3-13-30-19/h3-13,21,26H,14H2,1-2H3/b22-20+/t21-/m0/s1. The van der Waals surface area contributed by atoms with Gasteiger partial charge in [-0.15, -0.1) is 0 Å². The Morgan fingerprint density at radius 1 is 1.07 bits per heavy atom. The second-order valence-electron chi connectivity index (χ2n) is 7.15. The minimum Gasteiger partial charge on any atom is -0.507 e. The van der Waals surface area contributed by atoms with Crippen molar-refractivity contribution in [1.29, 1.82) is 0 Å². The summed E-state index contributed by atoms with van der Waals surface area (Å²) in [5.74, 6) is -0.436. The molecule has 6 nitrogen and oxygen atoms in total. The van der Waals surface area contributed by atoms with E-state index < -0.39 is 17.7 Å². The van der Waals surface area contributed by atoms with E-state index in [1.54, 1.807) is 43.5 Å². The SMILES string of the molecule is COc1ccc(/C(O)=C2\C(=O)C(=O)N(Cc3ccco3)[C@H]2c2ccc(C)cc2)cc1. The lowest BCUT2D eigenvalue weighted by molar-refractivity contribution is -0.140. The van der Waals surface area contributed by atoms with Crippen LogP contribution in [0.2, 0.25) is 0 Å². The molecule has 1 aliphatic heterocycles. The average molecular weight is 403 g/mol. The van der Waals surface area contributed by atoms with E-state index in [-0.39, 0.29) is 17.9 Å². The molecular weight excluding hydrogens is 382 g/mol. The number of ether oxygens (including phenoxy) is 1. The number of carbonyl (C=O) groups is 2. The van der Waals surface area contributed by atoms with E-state index >= 15 is 0 Å². The van der Waals surface area contributed by atoms with Crippen molar-refractivity contribution in [2.75, 3.05) is 7.11 Å². The number of ketones is 1. The Morgan fingerprint density at radius 3 is 2.37 bits per heavy atom. The molecule has 1 saturated heterocycles. The van der Waals surface area contributed by atoms with Crippen LogP contribution in [0.1, 0.15) is 28.5 Å². The number of aliphatic hydroxyl groups is 1. The highest BCUT2D eigenvalue weighted by molar-refractivity contribution is 6.46. The Balaban J connectivity index is 1.84. The Kier molecular flexibility index (Phi) is 5.14. The number of rotatable bonds is 5. The summed E-state index contributed by atoms with van der Waals surface area (Å²) in [4.78, 5) is 27.3. The maximum Gasteiger partial charge on any atom is 0.296 e. The zero-order valence-electron chi connectivity index (χ0n) is 16.7. The number of likely N-dealkylation sites (tertiary alicyclic amines) is 1. The molecule has 2 aromatic carbocycles. The van der Waals surface area contributed by atoms with Gasteiger partial charge < -0.3 is 19.2 Å². The molecular formula is C24H21NO5. The fourth-order valence-electron chi connectivity index (χ4n) is 3.61. The topological polar surface area (TPSA) is 80.0 Å². The van der Waals surface area contributed by atoms with E-state index in [1.807, 2.05) is 31.2 Å². The highest BCUT2D eigenvalue weighted by Gasteiger charge is 2.46. The van der Waals surface area contributed by atoms with Gasteiger partial charge in [-0.1, -0.05) is 29.8 Å². The third-order valence-electron chi connectivity index (χ3n) is 5.20. The molecule has 0 spiro atoms. The number of hydrogen-bond donors (Lipinski definition) is 1. The van der Waals surface area contributed by atoms with Gasteiger partial charge in [0.25, 0.3) is 11.7 Å². The fraction of sp³-hybridized carbons (Fsp3) is 0.167. The van der Waals surface area contributed by atoms with Gasteiger partial charge in [0.05, 0.1) is 31.5 Å². The number of aliphatic hydroxyl groups excluding tert-OH is 1. The number of methoxy groups -OCH3 is 1. The van der Waals surface area contributed by atoms with E-state index in [0.717, 1.165) is 11.1 Å². The number of furan rings is 1. The van der Waals surface area contributed by atoms with Crippen molar-refractivity contribution in [3.8, 4) is 5.75 Å². The Labute approximate surface area is 174 Å². The van der Waals surface area contributed by atoms with E-state index in [4.69, 9.17) is 9.15 Å². The number of aryl methyl sites for hydroxylation is 1. The first-order valence-corrected chi connectivity index (χ1v) is 9.51. The minimum absolute atomic E-state index is 0.0561. The lowest BCUT2D eigenvalue weighted by Gasteiger charge is -2.24. The molecule has 152 valence electrons. The number of amides is 1. The molecule has 3 aromatic rings. The van der Waals surface area contributed by atoms with Crippen molar-refractivity contribution in [2.45, 2.75) is 19.5 Å². The van der Waals surface area contributed by atoms with Crippen LogP contribution in [0, 0.1) is 6.92 Å². The molecule has 6 heteroatoms. The van der Waals surface area contributed by atoms with Crippen LogP contribution in [0.25, 0.3) is 5.76 Å². The third kappa shape index (κ3) is 3.48. The van der Waals surface area contributed by atoms with E-state index in [1.165, 1.54) is 11.2 Å². The van der Waals surface area contributed by atoms with Crippen molar-refractivity contribution in [1.82, 2.24) is 4.90 Å². The number of nitrogens with zero attached hydrogens (tertiary/aromatic N) is 1. The summed E-state index contributed by atoms with van der Waals surface area (Å²) in [7, 11) is 1.55. The van der Waals surface area contributed by atoms with Gasteiger partial charge >= 0.3 is 0 Å². The molecule has 1 aliphatic rings. The third-order valence-corrected chi connectivity index (χ3v) is 5.20. The van der Waals surface area contributed by atoms with Gasteiger partial charge in [-0.3, -0.25) is 9.59 Å². The van der Waals surface area contributed by atoms with Gasteiger partial charge in [0.1, 0.15) is 17.3 Å². The molecule has 1 N–H and O–H groups in total. The first kappa shape index (κ1) is 19.5. The van der Waals surface area contributed by atoms with Crippen LogP contribution in [-0.2, 0) is 16.1 Å². The molecule has 1 aromatic heterocycles. The molecule has 0 radical (unpaired) electrons. The molecule has 0 saturated carbocycles. The second-order valence-corrected chi connectivity index (χ2v) is 7.15. The van der Waals surface area contributed by atoms with E-state index in [0.29, 0.717) is 17.1 Å². The Morgan fingerprint density at radius 2 is 1.77 bits per heavy atom. The summed E-state index contributed by atoms with van der Waals surface area (Å²) in [5.41, 5.74) is 2.28. The maximum atomic E-state index is 13.0. The number of carbonyl (C=O) groups excluding carboxylic acids is 2. The van der Waals surface area contributed by atoms with Crippen LogP contribution in [-0.4, -0.2) is 28.8 Å². The van der Waals surface area contributed by atoms with E-state index in [9.17, 15) is 14.7 Å². The molecule has 30 heavy (non-hydrogen) atoms. The molecule has 0 unspecified atom stereocenters. The van der Waals surface area contributed by atoms with Crippen molar-refractivity contribution in [2.24, 2.45) is 0 Å². The van der Waals surface area contributed by atoms with Crippen LogP contribution in [0.15, 0.2) is 76.9 Å². The minimum atomic E-state index is -0.724. The predicted molar refractivity (Wildman–Crippen MR) is 111 cm³/mol. The quantitative estimate of drug-likeness (QED) is 0.392. The monoisotopic (exact) mass is 403 g/mol. The lowest BCUT2D eigenvalue weighted by Crippen LogP contribution is -2.29. The second kappa shape index (κ2) is 7.91. The summed E-state index contributed by atoms with van der Waals surface area (Å²) in [6, 6.07) is 17.0. The van der Waals surface area contributed by atoms with Crippen LogP contribution in [0.3, 0.4) is 0 Å². The van der Waals surface area contributed by atoms with Crippen LogP contribution < -0.4 is 4.74 Å². The molecule has 1 atom stereocenters. The predicted octanol–water partition coefficient (Wildman–Crippen LogP) is 4.22. The Bertz CT molecular complexity index is 1100. The van der Waals surface area contributed by atoms with Crippen molar-refractivity contribution < 1.29 is 23.8 Å². The summed E-state index contributed by atoms with van der Waals surface area (Å²) < 4.78 is 10.5. The first-order chi connectivity index (χ1) is 14.5. The smallest absolute Gasteiger partial charge is 0.296 e. The molecule has 0 aliphatic carbocycles. The van der Waals surface area contributed by atoms with Crippen molar-refractivity contribution in [3.05, 3.63) is 95.0 Å². The molecule has 1 fully saturated rings. The largest absolute Gasteiger partial charge is 0.507 e. The molecule has 2 heterocycles. The molecule has 0 bridgehead atoms. The van der Waals surface area contributed by atoms with Crippen LogP contribution in [0.4, 0.5) is 0 Å². The lowest BCUT2D eigenvalue weighted by atomic mass is 9.94. The van der Waals surface area contributed by atoms with E-state index in [2.05, 4.69) is 0 Å². The van der Waals surface area contributed by atoms with Crippen molar-refractivity contribution in [3.63, 3.8) is 0 Å². The van der Waals surface area contributed by atoms with Crippen LogP contribution >= 0.6 is 0 Å². The summed E-state index contributed by atoms with van der Waals surface area (Å²) in [6.07, 6.45) is 1.52. The maximum absolute atomic E-state index is 13.0. The number of benzene rings is 2. The van der Waals surface area contributed by atoms with Crippen LogP contribution in [0.5, 0.6) is 5.75 Å². The average Bonchev–Trinajstić information content (AvgIpc) is 3.36. The molecule has 1 amide bonds. The highest BCUT2D eigenvalue weighted by Crippen LogP contribution is 2.40. The number of Topliss-reactive ketones (excluding diaryl/α,β-unsaturated/α-hetero) is 1. The zero-order chi connectivity index (χ0) is 21.3. The summed E-state index contributed by atoms with van der Waals surface area (Å²) >= 11 is 0. The van der Waals surface area contributed by atoms with Crippen molar-refractivity contribution >= 4 is 17.4 Å². The van der Waals surface area contributed by atoms with Gasteiger partial charge in [0.15, 0.2) is 0 Å². The van der Waals surface area contributed by atoms with Gasteiger partial charge in [-0.2, -0.15) is 0 Å². The van der Waals surface area contributed by atoms with Gasteiger partial charge in [-0.25, -0.2) is 0 Å². The summed E-state index contributed by atoms with van der Waals surface area (Å²) in [5, 5.41) is 11.0.